The van der Waals surface area contributed by atoms with Gasteiger partial charge in [-0.1, -0.05) is 11.6 Å². The first-order valence-electron chi connectivity index (χ1n) is 15.0. The van der Waals surface area contributed by atoms with E-state index in [-0.39, 0.29) is 64.2 Å². The molecule has 2 aromatic carbocycles. The summed E-state index contributed by atoms with van der Waals surface area (Å²) < 4.78 is 67.9. The Balaban J connectivity index is 1.38. The number of aromatic nitrogens is 3. The van der Waals surface area contributed by atoms with Crippen LogP contribution >= 0.6 is 11.6 Å². The monoisotopic (exact) mass is 675 g/mol. The third-order valence-electron chi connectivity index (χ3n) is 8.17. The van der Waals surface area contributed by atoms with Crippen LogP contribution in [0.1, 0.15) is 60.3 Å². The molecule has 248 valence electrons. The van der Waals surface area contributed by atoms with Crippen molar-refractivity contribution in [2.24, 2.45) is 11.7 Å². The number of primary amides is 1. The highest BCUT2D eigenvalue weighted by atomic mass is 35.5. The normalized spacial score (nSPS) is 15.9. The highest BCUT2D eigenvalue weighted by Gasteiger charge is 2.47. The zero-order valence-electron chi connectivity index (χ0n) is 25.0. The Morgan fingerprint density at radius 3 is 2.53 bits per heavy atom. The van der Waals surface area contributed by atoms with E-state index in [1.54, 1.807) is 17.8 Å². The van der Waals surface area contributed by atoms with E-state index in [4.69, 9.17) is 22.1 Å². The van der Waals surface area contributed by atoms with Gasteiger partial charge in [-0.15, -0.1) is 0 Å². The van der Waals surface area contributed by atoms with E-state index in [1.165, 1.54) is 12.1 Å². The summed E-state index contributed by atoms with van der Waals surface area (Å²) in [4.78, 5) is 30.1. The molecule has 47 heavy (non-hydrogen) atoms. The second-order valence-corrected chi connectivity index (χ2v) is 12.1. The van der Waals surface area contributed by atoms with Gasteiger partial charge in [0.2, 0.25) is 5.91 Å². The largest absolute Gasteiger partial charge is 0.491 e. The van der Waals surface area contributed by atoms with Crippen molar-refractivity contribution in [2.75, 3.05) is 13.2 Å². The van der Waals surface area contributed by atoms with E-state index >= 15 is 4.39 Å². The van der Waals surface area contributed by atoms with Crippen molar-refractivity contribution in [1.82, 2.24) is 20.1 Å². The number of nitrogens with zero attached hydrogens (tertiary/aromatic N) is 3. The summed E-state index contributed by atoms with van der Waals surface area (Å²) in [6.45, 7) is -1.82. The molecule has 6 rings (SSSR count). The molecule has 0 radical (unpaired) electrons. The van der Waals surface area contributed by atoms with Crippen LogP contribution in [0.25, 0.3) is 22.2 Å². The summed E-state index contributed by atoms with van der Waals surface area (Å²) in [5.74, 6) is -4.16. The number of nitrogens with two attached hydrogens (primary N) is 1. The van der Waals surface area contributed by atoms with Crippen LogP contribution in [0.3, 0.4) is 0 Å². The van der Waals surface area contributed by atoms with Crippen molar-refractivity contribution in [3.63, 3.8) is 0 Å². The summed E-state index contributed by atoms with van der Waals surface area (Å²) in [7, 11) is 0. The average molecular weight is 676 g/mol. The molecule has 2 aliphatic rings. The van der Waals surface area contributed by atoms with E-state index < -0.39 is 53.1 Å². The van der Waals surface area contributed by atoms with E-state index in [0.717, 1.165) is 25.0 Å². The lowest BCUT2D eigenvalue weighted by Crippen LogP contribution is -2.43. The molecule has 2 amide bonds. The first-order valence-corrected chi connectivity index (χ1v) is 15.3. The number of carbonyl (C=O) groups is 2. The Labute approximate surface area is 270 Å². The van der Waals surface area contributed by atoms with Crippen LogP contribution in [0.5, 0.6) is 11.5 Å². The van der Waals surface area contributed by atoms with Crippen LogP contribution < -0.4 is 20.5 Å². The molecule has 4 aromatic rings. The van der Waals surface area contributed by atoms with E-state index in [9.17, 15) is 27.9 Å². The van der Waals surface area contributed by atoms with Crippen molar-refractivity contribution < 1.29 is 41.7 Å². The van der Waals surface area contributed by atoms with Gasteiger partial charge in [0.15, 0.2) is 5.75 Å². The molecule has 4 N–H and O–H groups in total. The van der Waals surface area contributed by atoms with Crippen molar-refractivity contribution >= 4 is 34.3 Å². The van der Waals surface area contributed by atoms with Gasteiger partial charge in [-0.2, -0.15) is 13.9 Å². The zero-order chi connectivity index (χ0) is 33.6. The van der Waals surface area contributed by atoms with Crippen molar-refractivity contribution in [3.8, 4) is 22.8 Å². The van der Waals surface area contributed by atoms with E-state index in [1.807, 2.05) is 0 Å². The Bertz CT molecular complexity index is 1880. The molecule has 10 nitrogen and oxygen atoms in total. The Hall–Kier alpha value is -4.43. The number of ether oxygens (including phenoxy) is 2. The molecule has 2 saturated carbocycles. The molecular formula is C32H30ClF4N5O5. The Morgan fingerprint density at radius 1 is 1.15 bits per heavy atom. The second kappa shape index (κ2) is 12.6. The van der Waals surface area contributed by atoms with Crippen LogP contribution in [-0.4, -0.2) is 51.4 Å². The van der Waals surface area contributed by atoms with Crippen LogP contribution in [0, 0.1) is 17.6 Å². The molecule has 0 saturated heterocycles. The lowest BCUT2D eigenvalue weighted by Gasteiger charge is -2.30. The fourth-order valence-corrected chi connectivity index (χ4v) is 5.77. The first kappa shape index (κ1) is 32.5. The molecule has 0 spiro atoms. The number of benzene rings is 2. The number of hydrogen-bond donors (Lipinski definition) is 3. The van der Waals surface area contributed by atoms with Gasteiger partial charge in [-0.25, -0.2) is 13.8 Å². The molecule has 2 aromatic heterocycles. The number of rotatable bonds is 13. The molecular weight excluding hydrogens is 646 g/mol. The van der Waals surface area contributed by atoms with Gasteiger partial charge >= 0.3 is 6.61 Å². The fourth-order valence-electron chi connectivity index (χ4n) is 5.61. The van der Waals surface area contributed by atoms with Gasteiger partial charge in [0, 0.05) is 34.3 Å². The van der Waals surface area contributed by atoms with Gasteiger partial charge in [0.25, 0.3) is 5.91 Å². The van der Waals surface area contributed by atoms with Crippen LogP contribution in [-0.2, 0) is 16.8 Å². The minimum absolute atomic E-state index is 0.00888. The third-order valence-corrected chi connectivity index (χ3v) is 8.46. The minimum Gasteiger partial charge on any atom is -0.491 e. The highest BCUT2D eigenvalue weighted by Crippen LogP contribution is 2.47. The third kappa shape index (κ3) is 6.70. The van der Waals surface area contributed by atoms with Gasteiger partial charge in [-0.05, 0) is 62.8 Å². The van der Waals surface area contributed by atoms with Crippen molar-refractivity contribution in [2.45, 2.75) is 57.3 Å². The number of aliphatic hydroxyl groups is 1. The van der Waals surface area contributed by atoms with Crippen molar-refractivity contribution in [1.29, 1.82) is 0 Å². The summed E-state index contributed by atoms with van der Waals surface area (Å²) in [6.07, 6.45) is 4.19. The second-order valence-electron chi connectivity index (χ2n) is 11.7. The molecule has 2 aliphatic carbocycles. The Morgan fingerprint density at radius 2 is 1.89 bits per heavy atom. The predicted octanol–water partition coefficient (Wildman–Crippen LogP) is 5.42. The maximum atomic E-state index is 15.2. The topological polar surface area (TPSA) is 142 Å². The number of carbonyl (C=O) groups excluding carboxylic acids is 2. The number of amides is 2. The summed E-state index contributed by atoms with van der Waals surface area (Å²) in [6, 6.07) is 5.80. The molecule has 0 aliphatic heterocycles. The zero-order valence-corrected chi connectivity index (χ0v) is 25.8. The summed E-state index contributed by atoms with van der Waals surface area (Å²) in [5.41, 5.74) is 3.58. The quantitative estimate of drug-likeness (QED) is 0.127. The standard InChI is InChI=1S/C32H30ClF4N5O5/c1-2-46-29-15(10-26(38)43)9-25(40-28(29)20-11-21(33)23(35)12-22(20)34)32(45,18-3-4-18)14-39-30(44)16-7-17-13-42(19-5-6-19)41-27(17)24(8-16)47-31(36)37/h7-9,11-13,18-19,31,45H,2-6,10,14H2,1H3,(H2,38,43)(H,39,44)/t32-/m1/s1. The maximum Gasteiger partial charge on any atom is 0.387 e. The highest BCUT2D eigenvalue weighted by molar-refractivity contribution is 6.31. The van der Waals surface area contributed by atoms with Gasteiger partial charge < -0.3 is 25.6 Å². The molecule has 1 atom stereocenters. The lowest BCUT2D eigenvalue weighted by atomic mass is 9.90. The van der Waals surface area contributed by atoms with Crippen LogP contribution in [0.2, 0.25) is 5.02 Å². The number of alkyl halides is 2. The minimum atomic E-state index is -3.15. The van der Waals surface area contributed by atoms with Gasteiger partial charge in [0.05, 0.1) is 36.3 Å². The number of fused-ring (bicyclic) bond motifs is 1. The SMILES string of the molecule is CCOc1c(CC(N)=O)cc([C@@](O)(CNC(=O)c2cc(OC(F)F)c3nn(C4CC4)cc3c2)C2CC2)nc1-c1cc(Cl)c(F)cc1F. The predicted molar refractivity (Wildman–Crippen MR) is 162 cm³/mol. The number of hydrogen-bond acceptors (Lipinski definition) is 7. The lowest BCUT2D eigenvalue weighted by molar-refractivity contribution is -0.117. The summed E-state index contributed by atoms with van der Waals surface area (Å²) >= 11 is 5.98. The number of nitrogens with one attached hydrogen (secondary N) is 1. The Kier molecular flexibility index (Phi) is 8.74. The van der Waals surface area contributed by atoms with E-state index in [2.05, 4.69) is 20.1 Å². The van der Waals surface area contributed by atoms with Crippen LogP contribution in [0.15, 0.2) is 36.5 Å². The molecule has 0 unspecified atom stereocenters. The van der Waals surface area contributed by atoms with Gasteiger partial charge in [0.1, 0.15) is 34.2 Å². The molecule has 2 heterocycles. The maximum absolute atomic E-state index is 15.2. The number of pyridine rings is 1. The van der Waals surface area contributed by atoms with Crippen LogP contribution in [0.4, 0.5) is 17.6 Å². The smallest absolute Gasteiger partial charge is 0.387 e. The van der Waals surface area contributed by atoms with E-state index in [0.29, 0.717) is 24.3 Å². The summed E-state index contributed by atoms with van der Waals surface area (Å²) in [5, 5.41) is 19.2. The fraction of sp³-hybridized carbons (Fsp3) is 0.375. The van der Waals surface area contributed by atoms with Crippen molar-refractivity contribution in [3.05, 3.63) is 70.0 Å². The first-order chi connectivity index (χ1) is 22.4. The molecule has 0 bridgehead atoms. The molecule has 15 heteroatoms. The average Bonchev–Trinajstić information content (AvgIpc) is 3.95. The van der Waals surface area contributed by atoms with Gasteiger partial charge in [-0.3, -0.25) is 14.3 Å². The number of halogens is 5. The molecule has 2 fully saturated rings.